The van der Waals surface area contributed by atoms with Gasteiger partial charge in [0, 0.05) is 20.7 Å². The van der Waals surface area contributed by atoms with E-state index >= 15 is 0 Å². The molecule has 0 aliphatic heterocycles. The van der Waals surface area contributed by atoms with Gasteiger partial charge in [-0.2, -0.15) is 5.26 Å². The number of fused-ring (bicyclic) bond motifs is 1. The van der Waals surface area contributed by atoms with Gasteiger partial charge in [-0.25, -0.2) is 4.79 Å². The molecule has 152 valence electrons. The summed E-state index contributed by atoms with van der Waals surface area (Å²) in [5.41, 5.74) is 5.71. The van der Waals surface area contributed by atoms with Crippen LogP contribution in [0.1, 0.15) is 56.2 Å². The van der Waals surface area contributed by atoms with E-state index in [1.165, 1.54) is 4.88 Å². The Morgan fingerprint density at radius 1 is 1.23 bits per heavy atom. The molecule has 4 rings (SSSR count). The van der Waals surface area contributed by atoms with Crippen molar-refractivity contribution >= 4 is 44.9 Å². The van der Waals surface area contributed by atoms with Gasteiger partial charge in [0.05, 0.1) is 17.2 Å². The van der Waals surface area contributed by atoms with Crippen molar-refractivity contribution < 1.29 is 9.90 Å². The fraction of sp³-hybridized carbons (Fsp3) is 0.250. The number of carboxylic acids is 1. The van der Waals surface area contributed by atoms with Gasteiger partial charge in [0.1, 0.15) is 5.00 Å². The predicted octanol–water partition coefficient (Wildman–Crippen LogP) is 6.56. The van der Waals surface area contributed by atoms with E-state index in [9.17, 15) is 15.2 Å². The van der Waals surface area contributed by atoms with Crippen molar-refractivity contribution in [3.63, 3.8) is 0 Å². The lowest BCUT2D eigenvalue weighted by atomic mass is 9.95. The maximum Gasteiger partial charge on any atom is 0.339 e. The monoisotopic (exact) mass is 480 g/mol. The van der Waals surface area contributed by atoms with E-state index in [0.29, 0.717) is 11.1 Å². The number of nitrogens with zero attached hydrogens (tertiary/aromatic N) is 2. The van der Waals surface area contributed by atoms with Gasteiger partial charge in [0.2, 0.25) is 0 Å². The first-order valence-electron chi connectivity index (χ1n) is 9.85. The van der Waals surface area contributed by atoms with E-state index in [2.05, 4.69) is 22.0 Å². The summed E-state index contributed by atoms with van der Waals surface area (Å²) < 4.78 is 3.00. The fourth-order valence-corrected chi connectivity index (χ4v) is 5.90. The third-order valence-corrected chi connectivity index (χ3v) is 7.42. The topological polar surface area (TPSA) is 66.0 Å². The number of aromatic carboxylic acids is 1. The largest absolute Gasteiger partial charge is 0.478 e. The Kier molecular flexibility index (Phi) is 5.68. The number of allylic oxidation sites excluding steroid dienone is 1. The summed E-state index contributed by atoms with van der Waals surface area (Å²) >= 11 is 5.02. The lowest BCUT2D eigenvalue weighted by molar-refractivity contribution is 0.0696. The van der Waals surface area contributed by atoms with Crippen molar-refractivity contribution in [3.05, 3.63) is 73.3 Å². The summed E-state index contributed by atoms with van der Waals surface area (Å²) in [6.45, 7) is 3.97. The molecule has 1 aromatic carbocycles. The van der Waals surface area contributed by atoms with E-state index in [-0.39, 0.29) is 0 Å². The summed E-state index contributed by atoms with van der Waals surface area (Å²) in [5, 5.41) is 20.4. The second kappa shape index (κ2) is 8.25. The zero-order valence-electron chi connectivity index (χ0n) is 16.8. The molecule has 4 nitrogen and oxygen atoms in total. The van der Waals surface area contributed by atoms with E-state index < -0.39 is 5.97 Å². The average Bonchev–Trinajstić information content (AvgIpc) is 3.23. The molecule has 3 aromatic rings. The van der Waals surface area contributed by atoms with Gasteiger partial charge in [-0.3, -0.25) is 0 Å². The summed E-state index contributed by atoms with van der Waals surface area (Å²) in [7, 11) is 0. The highest BCUT2D eigenvalue weighted by Gasteiger charge is 2.27. The first kappa shape index (κ1) is 20.6. The fourth-order valence-electron chi connectivity index (χ4n) is 4.14. The van der Waals surface area contributed by atoms with Crippen molar-refractivity contribution in [2.75, 3.05) is 0 Å². The van der Waals surface area contributed by atoms with Crippen LogP contribution in [0.25, 0.3) is 16.7 Å². The highest BCUT2D eigenvalue weighted by atomic mass is 79.9. The van der Waals surface area contributed by atoms with Crippen molar-refractivity contribution in [2.24, 2.45) is 0 Å². The molecule has 2 heterocycles. The lowest BCUT2D eigenvalue weighted by Gasteiger charge is -2.11. The molecule has 0 amide bonds. The minimum absolute atomic E-state index is 0.445. The molecule has 1 aliphatic rings. The standard InChI is InChI=1S/C24H21BrN2O2S/c1-14-11-17(12-18(13-26)16-7-9-19(25)10-8-16)15(2)27(14)23-22(24(28)29)20-5-3-4-6-21(20)30-23/h7-12H,3-6H2,1-2H3,(H,28,29)/b18-12-. The molecule has 1 N–H and O–H groups in total. The molecule has 0 saturated heterocycles. The van der Waals surface area contributed by atoms with Gasteiger partial charge in [-0.1, -0.05) is 28.1 Å². The van der Waals surface area contributed by atoms with Crippen molar-refractivity contribution in [1.82, 2.24) is 4.57 Å². The van der Waals surface area contributed by atoms with E-state index in [1.807, 2.05) is 54.8 Å². The molecule has 0 spiro atoms. The Morgan fingerprint density at radius 3 is 2.60 bits per heavy atom. The maximum atomic E-state index is 12.1. The predicted molar refractivity (Wildman–Crippen MR) is 124 cm³/mol. The molecule has 0 saturated carbocycles. The van der Waals surface area contributed by atoms with Crippen LogP contribution in [-0.4, -0.2) is 15.6 Å². The third kappa shape index (κ3) is 3.64. The quantitative estimate of drug-likeness (QED) is 0.429. The summed E-state index contributed by atoms with van der Waals surface area (Å²) in [4.78, 5) is 13.3. The number of benzene rings is 1. The smallest absolute Gasteiger partial charge is 0.339 e. The molecular formula is C24H21BrN2O2S. The van der Waals surface area contributed by atoms with E-state index in [4.69, 9.17) is 0 Å². The second-order valence-electron chi connectivity index (χ2n) is 7.53. The van der Waals surface area contributed by atoms with Crippen LogP contribution < -0.4 is 0 Å². The van der Waals surface area contributed by atoms with Gasteiger partial charge in [-0.15, -0.1) is 11.3 Å². The van der Waals surface area contributed by atoms with Crippen LogP contribution in [0.15, 0.2) is 34.8 Å². The number of aryl methyl sites for hydroxylation is 2. The van der Waals surface area contributed by atoms with E-state index in [1.54, 1.807) is 11.3 Å². The van der Waals surface area contributed by atoms with Crippen molar-refractivity contribution in [2.45, 2.75) is 39.5 Å². The molecule has 2 aromatic heterocycles. The summed E-state index contributed by atoms with van der Waals surface area (Å²) in [5.74, 6) is -0.860. The first-order valence-corrected chi connectivity index (χ1v) is 11.5. The van der Waals surface area contributed by atoms with Crippen LogP contribution in [0.3, 0.4) is 0 Å². The Labute approximate surface area is 188 Å². The Balaban J connectivity index is 1.84. The van der Waals surface area contributed by atoms with E-state index in [0.717, 1.165) is 63.2 Å². The first-order chi connectivity index (χ1) is 14.4. The van der Waals surface area contributed by atoms with Crippen LogP contribution in [0, 0.1) is 25.2 Å². The normalized spacial score (nSPS) is 13.7. The molecule has 0 fully saturated rings. The number of nitriles is 1. The highest BCUT2D eigenvalue weighted by molar-refractivity contribution is 9.10. The molecule has 0 bridgehead atoms. The maximum absolute atomic E-state index is 12.1. The summed E-state index contributed by atoms with van der Waals surface area (Å²) in [6, 6.07) is 12.0. The minimum Gasteiger partial charge on any atom is -0.478 e. The number of carbonyl (C=O) groups is 1. The SMILES string of the molecule is Cc1cc(/C=C(/C#N)c2ccc(Br)cc2)c(C)n1-c1sc2c(c1C(=O)O)CCCC2. The zero-order valence-corrected chi connectivity index (χ0v) is 19.2. The van der Waals surface area contributed by atoms with Crippen LogP contribution in [-0.2, 0) is 12.8 Å². The highest BCUT2D eigenvalue weighted by Crippen LogP contribution is 2.39. The molecule has 0 radical (unpaired) electrons. The molecule has 1 aliphatic carbocycles. The Hall–Kier alpha value is -2.62. The molecular weight excluding hydrogens is 460 g/mol. The average molecular weight is 481 g/mol. The van der Waals surface area contributed by atoms with Gasteiger partial charge >= 0.3 is 5.97 Å². The van der Waals surface area contributed by atoms with Crippen molar-refractivity contribution in [3.8, 4) is 11.1 Å². The number of hydrogen-bond acceptors (Lipinski definition) is 3. The van der Waals surface area contributed by atoms with Gasteiger partial charge in [0.25, 0.3) is 0 Å². The third-order valence-electron chi connectivity index (χ3n) is 5.62. The molecule has 0 unspecified atom stereocenters. The molecule has 30 heavy (non-hydrogen) atoms. The number of hydrogen-bond donors (Lipinski definition) is 1. The number of halogens is 1. The number of thiophene rings is 1. The van der Waals surface area contributed by atoms with Crippen LogP contribution in [0.2, 0.25) is 0 Å². The van der Waals surface area contributed by atoms with Crippen molar-refractivity contribution in [1.29, 1.82) is 5.26 Å². The van der Waals surface area contributed by atoms with Crippen LogP contribution in [0.5, 0.6) is 0 Å². The zero-order chi connectivity index (χ0) is 21.4. The van der Waals surface area contributed by atoms with Crippen LogP contribution in [0.4, 0.5) is 0 Å². The minimum atomic E-state index is -0.860. The Morgan fingerprint density at radius 2 is 1.93 bits per heavy atom. The Bertz CT molecular complexity index is 1210. The second-order valence-corrected chi connectivity index (χ2v) is 9.53. The van der Waals surface area contributed by atoms with Gasteiger partial charge < -0.3 is 9.67 Å². The summed E-state index contributed by atoms with van der Waals surface area (Å²) in [6.07, 6.45) is 5.83. The lowest BCUT2D eigenvalue weighted by Crippen LogP contribution is -2.09. The number of carboxylic acid groups (broad SMARTS) is 1. The number of rotatable bonds is 4. The van der Waals surface area contributed by atoms with Gasteiger partial charge in [-0.05, 0) is 80.5 Å². The van der Waals surface area contributed by atoms with Crippen LogP contribution >= 0.6 is 27.3 Å². The molecule has 0 atom stereocenters. The van der Waals surface area contributed by atoms with Gasteiger partial charge in [0.15, 0.2) is 0 Å². The number of aromatic nitrogens is 1. The molecule has 6 heteroatoms.